The molecule has 21 heavy (non-hydrogen) atoms. The molecule has 0 spiro atoms. The van der Waals surface area contributed by atoms with Crippen molar-refractivity contribution in [3.63, 3.8) is 0 Å². The summed E-state index contributed by atoms with van der Waals surface area (Å²) in [7, 11) is 1.78. The first kappa shape index (κ1) is 15.5. The number of amides is 2. The zero-order valence-corrected chi connectivity index (χ0v) is 13.5. The van der Waals surface area contributed by atoms with E-state index in [0.29, 0.717) is 18.0 Å². The fourth-order valence-electron chi connectivity index (χ4n) is 2.69. The van der Waals surface area contributed by atoms with Gasteiger partial charge in [-0.2, -0.15) is 0 Å². The van der Waals surface area contributed by atoms with E-state index in [4.69, 9.17) is 0 Å². The highest BCUT2D eigenvalue weighted by Crippen LogP contribution is 2.40. The van der Waals surface area contributed by atoms with Gasteiger partial charge in [-0.25, -0.2) is 0 Å². The van der Waals surface area contributed by atoms with Gasteiger partial charge in [0.2, 0.25) is 5.91 Å². The summed E-state index contributed by atoms with van der Waals surface area (Å²) >= 11 is 0. The second kappa shape index (κ2) is 5.51. The summed E-state index contributed by atoms with van der Waals surface area (Å²) in [6.07, 6.45) is 0.962. The monoisotopic (exact) mass is 288 g/mol. The Hall–Kier alpha value is -1.84. The number of fused-ring (bicyclic) bond motifs is 1. The molecule has 4 heteroatoms. The molecule has 1 aliphatic rings. The van der Waals surface area contributed by atoms with E-state index in [-0.39, 0.29) is 11.8 Å². The van der Waals surface area contributed by atoms with Crippen molar-refractivity contribution in [2.75, 3.05) is 18.5 Å². The normalized spacial score (nSPS) is 16.3. The molecule has 0 aromatic heterocycles. The van der Waals surface area contributed by atoms with Crippen molar-refractivity contribution < 1.29 is 9.59 Å². The van der Waals surface area contributed by atoms with Crippen LogP contribution in [0, 0.1) is 5.92 Å². The summed E-state index contributed by atoms with van der Waals surface area (Å²) < 4.78 is 0. The standard InChI is InChI=1S/C17H24N2O2/c1-11(2)8-9-18-15(20)12-6-7-14-13(10-12)17(3,4)16(21)19(14)5/h6-7,10-11H,8-9H2,1-5H3,(H,18,20). The number of hydrogen-bond donors (Lipinski definition) is 1. The van der Waals surface area contributed by atoms with Crippen LogP contribution in [0.25, 0.3) is 0 Å². The van der Waals surface area contributed by atoms with Gasteiger partial charge in [0.05, 0.1) is 5.41 Å². The van der Waals surface area contributed by atoms with Gasteiger partial charge in [-0.3, -0.25) is 9.59 Å². The minimum Gasteiger partial charge on any atom is -0.352 e. The van der Waals surface area contributed by atoms with Crippen LogP contribution in [0.15, 0.2) is 18.2 Å². The average Bonchev–Trinajstić information content (AvgIpc) is 2.59. The van der Waals surface area contributed by atoms with Crippen molar-refractivity contribution in [2.45, 2.75) is 39.5 Å². The molecule has 0 bridgehead atoms. The van der Waals surface area contributed by atoms with Crippen molar-refractivity contribution >= 4 is 17.5 Å². The van der Waals surface area contributed by atoms with E-state index in [1.807, 2.05) is 26.0 Å². The van der Waals surface area contributed by atoms with Crippen LogP contribution in [0.2, 0.25) is 0 Å². The number of benzene rings is 1. The number of anilines is 1. The minimum absolute atomic E-state index is 0.0647. The van der Waals surface area contributed by atoms with E-state index in [2.05, 4.69) is 19.2 Å². The Kier molecular flexibility index (Phi) is 4.08. The van der Waals surface area contributed by atoms with Crippen molar-refractivity contribution in [1.29, 1.82) is 0 Å². The second-order valence-corrected chi connectivity index (χ2v) is 6.66. The van der Waals surface area contributed by atoms with E-state index in [9.17, 15) is 9.59 Å². The minimum atomic E-state index is -0.571. The molecule has 4 nitrogen and oxygen atoms in total. The van der Waals surface area contributed by atoms with E-state index in [1.54, 1.807) is 18.0 Å². The van der Waals surface area contributed by atoms with Gasteiger partial charge in [0.1, 0.15) is 0 Å². The molecule has 0 unspecified atom stereocenters. The van der Waals surface area contributed by atoms with E-state index < -0.39 is 5.41 Å². The fourth-order valence-corrected chi connectivity index (χ4v) is 2.69. The highest BCUT2D eigenvalue weighted by Gasteiger charge is 2.42. The molecule has 2 rings (SSSR count). The first-order chi connectivity index (χ1) is 9.75. The molecule has 1 heterocycles. The van der Waals surface area contributed by atoms with Crippen LogP contribution in [-0.4, -0.2) is 25.4 Å². The zero-order chi connectivity index (χ0) is 15.8. The van der Waals surface area contributed by atoms with Gasteiger partial charge in [-0.15, -0.1) is 0 Å². The van der Waals surface area contributed by atoms with Crippen molar-refractivity contribution in [3.05, 3.63) is 29.3 Å². The lowest BCUT2D eigenvalue weighted by atomic mass is 9.85. The number of carbonyl (C=O) groups is 2. The van der Waals surface area contributed by atoms with Crippen LogP contribution < -0.4 is 10.2 Å². The maximum atomic E-state index is 12.2. The van der Waals surface area contributed by atoms with Crippen LogP contribution in [0.5, 0.6) is 0 Å². The summed E-state index contributed by atoms with van der Waals surface area (Å²) in [5.74, 6) is 0.557. The Balaban J connectivity index is 2.21. The number of rotatable bonds is 4. The van der Waals surface area contributed by atoms with Crippen LogP contribution in [-0.2, 0) is 10.2 Å². The largest absolute Gasteiger partial charge is 0.352 e. The van der Waals surface area contributed by atoms with Crippen LogP contribution in [0.3, 0.4) is 0 Å². The Labute approximate surface area is 126 Å². The Morgan fingerprint density at radius 3 is 2.62 bits per heavy atom. The van der Waals surface area contributed by atoms with Gasteiger partial charge in [-0.05, 0) is 49.9 Å². The van der Waals surface area contributed by atoms with E-state index in [0.717, 1.165) is 17.7 Å². The molecule has 1 aromatic carbocycles. The molecular formula is C17H24N2O2. The summed E-state index contributed by atoms with van der Waals surface area (Å²) in [6.45, 7) is 8.74. The summed E-state index contributed by atoms with van der Waals surface area (Å²) in [6, 6.07) is 5.50. The second-order valence-electron chi connectivity index (χ2n) is 6.66. The predicted octanol–water partition coefficient (Wildman–Crippen LogP) is 2.72. The Bertz CT molecular complexity index is 576. The zero-order valence-electron chi connectivity index (χ0n) is 13.5. The lowest BCUT2D eigenvalue weighted by Crippen LogP contribution is -2.33. The first-order valence-corrected chi connectivity index (χ1v) is 7.46. The van der Waals surface area contributed by atoms with Crippen molar-refractivity contribution in [2.24, 2.45) is 5.92 Å². The number of nitrogens with zero attached hydrogens (tertiary/aromatic N) is 1. The third kappa shape index (κ3) is 2.80. The SMILES string of the molecule is CC(C)CCNC(=O)c1ccc2c(c1)C(C)(C)C(=O)N2C. The lowest BCUT2D eigenvalue weighted by molar-refractivity contribution is -0.121. The smallest absolute Gasteiger partial charge is 0.251 e. The maximum Gasteiger partial charge on any atom is 0.251 e. The third-order valence-electron chi connectivity index (χ3n) is 4.14. The molecule has 2 amide bonds. The van der Waals surface area contributed by atoms with Gasteiger partial charge < -0.3 is 10.2 Å². The first-order valence-electron chi connectivity index (χ1n) is 7.46. The average molecular weight is 288 g/mol. The van der Waals surface area contributed by atoms with Gasteiger partial charge in [0, 0.05) is 24.8 Å². The highest BCUT2D eigenvalue weighted by atomic mass is 16.2. The molecular weight excluding hydrogens is 264 g/mol. The molecule has 1 aromatic rings. The molecule has 114 valence electrons. The highest BCUT2D eigenvalue weighted by molar-refractivity contribution is 6.08. The van der Waals surface area contributed by atoms with Gasteiger partial charge in [0.15, 0.2) is 0 Å². The molecule has 0 radical (unpaired) electrons. The molecule has 0 saturated carbocycles. The van der Waals surface area contributed by atoms with Gasteiger partial charge >= 0.3 is 0 Å². The number of nitrogens with one attached hydrogen (secondary N) is 1. The summed E-state index contributed by atoms with van der Waals surface area (Å²) in [5.41, 5.74) is 1.86. The molecule has 0 fully saturated rings. The molecule has 1 aliphatic heterocycles. The third-order valence-corrected chi connectivity index (χ3v) is 4.14. The van der Waals surface area contributed by atoms with Gasteiger partial charge in [-0.1, -0.05) is 13.8 Å². The number of likely N-dealkylation sites (N-methyl/N-ethyl adjacent to an activating group) is 1. The molecule has 0 atom stereocenters. The van der Waals surface area contributed by atoms with Crippen molar-refractivity contribution in [3.8, 4) is 0 Å². The predicted molar refractivity (Wildman–Crippen MR) is 84.7 cm³/mol. The summed E-state index contributed by atoms with van der Waals surface area (Å²) in [5, 5.41) is 2.93. The number of carbonyl (C=O) groups excluding carboxylic acids is 2. The quantitative estimate of drug-likeness (QED) is 0.926. The summed E-state index contributed by atoms with van der Waals surface area (Å²) in [4.78, 5) is 26.1. The molecule has 1 N–H and O–H groups in total. The van der Waals surface area contributed by atoms with E-state index >= 15 is 0 Å². The fraction of sp³-hybridized carbons (Fsp3) is 0.529. The topological polar surface area (TPSA) is 49.4 Å². The molecule has 0 saturated heterocycles. The lowest BCUT2D eigenvalue weighted by Gasteiger charge is -2.16. The van der Waals surface area contributed by atoms with Crippen LogP contribution in [0.4, 0.5) is 5.69 Å². The van der Waals surface area contributed by atoms with Crippen LogP contribution in [0.1, 0.15) is 50.0 Å². The van der Waals surface area contributed by atoms with Gasteiger partial charge in [0.25, 0.3) is 5.91 Å². The maximum absolute atomic E-state index is 12.2. The van der Waals surface area contributed by atoms with Crippen molar-refractivity contribution in [1.82, 2.24) is 5.32 Å². The van der Waals surface area contributed by atoms with E-state index in [1.165, 1.54) is 0 Å². The Morgan fingerprint density at radius 1 is 1.33 bits per heavy atom. The Morgan fingerprint density at radius 2 is 2.00 bits per heavy atom. The molecule has 0 aliphatic carbocycles. The number of hydrogen-bond acceptors (Lipinski definition) is 2. The van der Waals surface area contributed by atoms with Crippen LogP contribution >= 0.6 is 0 Å².